The van der Waals surface area contributed by atoms with Gasteiger partial charge >= 0.3 is 0 Å². The predicted octanol–water partition coefficient (Wildman–Crippen LogP) is 4.89. The zero-order valence-corrected chi connectivity index (χ0v) is 20.0. The number of benzene rings is 2. The first-order valence-corrected chi connectivity index (χ1v) is 12.4. The summed E-state index contributed by atoms with van der Waals surface area (Å²) in [7, 11) is 0. The van der Waals surface area contributed by atoms with Crippen molar-refractivity contribution >= 4 is 52.2 Å². The molecule has 2 amide bonds. The fraction of sp³-hybridized carbons (Fsp3) is 0.261. The van der Waals surface area contributed by atoms with Crippen molar-refractivity contribution in [2.45, 2.75) is 31.8 Å². The second-order valence-corrected chi connectivity index (χ2v) is 10.1. The van der Waals surface area contributed by atoms with Gasteiger partial charge in [0.25, 0.3) is 0 Å². The minimum absolute atomic E-state index is 0.0534. The van der Waals surface area contributed by atoms with Crippen molar-refractivity contribution in [3.05, 3.63) is 69.7 Å². The molecule has 1 aliphatic rings. The van der Waals surface area contributed by atoms with Crippen molar-refractivity contribution in [3.8, 4) is 10.6 Å². The second kappa shape index (κ2) is 10.0. The normalized spacial score (nSPS) is 18.3. The molecule has 0 aliphatic carbocycles. The molecule has 2 heterocycles. The maximum absolute atomic E-state index is 12.4. The number of rotatable bonds is 6. The summed E-state index contributed by atoms with van der Waals surface area (Å²) >= 11 is 9.12. The average Bonchev–Trinajstić information content (AvgIpc) is 3.16. The average molecular weight is 487 g/mol. The molecule has 9 heteroatoms. The quantitative estimate of drug-likeness (QED) is 0.462. The highest BCUT2D eigenvalue weighted by atomic mass is 35.5. The number of hydrogen-bond donors (Lipinski definition) is 3. The van der Waals surface area contributed by atoms with Crippen LogP contribution >= 0.6 is 34.7 Å². The fourth-order valence-electron chi connectivity index (χ4n) is 3.43. The van der Waals surface area contributed by atoms with Gasteiger partial charge in [-0.2, -0.15) is 0 Å². The molecule has 3 aromatic rings. The van der Waals surface area contributed by atoms with Crippen LogP contribution in [0.25, 0.3) is 10.6 Å². The van der Waals surface area contributed by atoms with Crippen LogP contribution in [0.2, 0.25) is 5.02 Å². The van der Waals surface area contributed by atoms with E-state index in [1.807, 2.05) is 50.2 Å². The molecule has 1 aromatic heterocycles. The number of aryl methyl sites for hydroxylation is 2. The Balaban J connectivity index is 1.39. The zero-order chi connectivity index (χ0) is 22.7. The number of anilines is 1. The van der Waals surface area contributed by atoms with Crippen molar-refractivity contribution in [1.82, 2.24) is 15.6 Å². The molecule has 0 spiro atoms. The highest BCUT2D eigenvalue weighted by Crippen LogP contribution is 2.35. The third kappa shape index (κ3) is 5.50. The van der Waals surface area contributed by atoms with Gasteiger partial charge in [-0.1, -0.05) is 48.0 Å². The number of amides is 2. The van der Waals surface area contributed by atoms with Crippen LogP contribution < -0.4 is 16.0 Å². The topological polar surface area (TPSA) is 83.1 Å². The van der Waals surface area contributed by atoms with E-state index < -0.39 is 0 Å². The molecular weight excluding hydrogens is 464 g/mol. The highest BCUT2D eigenvalue weighted by molar-refractivity contribution is 8.00. The van der Waals surface area contributed by atoms with E-state index in [1.54, 1.807) is 23.5 Å². The van der Waals surface area contributed by atoms with E-state index in [-0.39, 0.29) is 29.1 Å². The van der Waals surface area contributed by atoms with E-state index in [4.69, 9.17) is 16.6 Å². The Morgan fingerprint density at radius 3 is 2.78 bits per heavy atom. The van der Waals surface area contributed by atoms with E-state index >= 15 is 0 Å². The molecule has 1 aliphatic heterocycles. The Bertz CT molecular complexity index is 1140. The van der Waals surface area contributed by atoms with E-state index in [2.05, 4.69) is 16.0 Å². The Kier molecular flexibility index (Phi) is 7.15. The predicted molar refractivity (Wildman–Crippen MR) is 132 cm³/mol. The summed E-state index contributed by atoms with van der Waals surface area (Å²) in [5, 5.41) is 10.6. The number of halogens is 1. The number of nitrogens with zero attached hydrogens (tertiary/aromatic N) is 1. The Hall–Kier alpha value is -2.39. The molecule has 4 rings (SSSR count). The molecule has 32 heavy (non-hydrogen) atoms. The van der Waals surface area contributed by atoms with E-state index in [0.717, 1.165) is 26.7 Å². The van der Waals surface area contributed by atoms with Gasteiger partial charge in [-0.3, -0.25) is 14.9 Å². The summed E-state index contributed by atoms with van der Waals surface area (Å²) < 4.78 is 0. The first-order valence-electron chi connectivity index (χ1n) is 10.1. The molecule has 2 aromatic carbocycles. The summed E-state index contributed by atoms with van der Waals surface area (Å²) in [5.41, 5.74) is 3.20. The fourth-order valence-corrected chi connectivity index (χ4v) is 5.71. The summed E-state index contributed by atoms with van der Waals surface area (Å²) in [6.07, 6.45) is 0.333. The molecule has 0 radical (unpaired) electrons. The molecule has 0 bridgehead atoms. The van der Waals surface area contributed by atoms with Gasteiger partial charge in [-0.05, 0) is 31.5 Å². The van der Waals surface area contributed by atoms with Gasteiger partial charge in [0.1, 0.15) is 10.5 Å². The SMILES string of the molecule is Cc1ccc(NC(=O)CSC2NC(=O)CC(c3sc(-c4ccccc4)nc3C)N2)c(Cl)c1. The molecule has 6 nitrogen and oxygen atoms in total. The van der Waals surface area contributed by atoms with Crippen molar-refractivity contribution in [1.29, 1.82) is 0 Å². The number of aromatic nitrogens is 1. The van der Waals surface area contributed by atoms with E-state index in [0.29, 0.717) is 17.1 Å². The molecule has 3 N–H and O–H groups in total. The van der Waals surface area contributed by atoms with Crippen LogP contribution in [0.4, 0.5) is 5.69 Å². The minimum atomic E-state index is -0.373. The Morgan fingerprint density at radius 2 is 2.03 bits per heavy atom. The second-order valence-electron chi connectivity index (χ2n) is 7.55. The van der Waals surface area contributed by atoms with Crippen LogP contribution in [0.5, 0.6) is 0 Å². The van der Waals surface area contributed by atoms with Gasteiger partial charge in [0.15, 0.2) is 0 Å². The molecule has 166 valence electrons. The molecule has 2 atom stereocenters. The maximum atomic E-state index is 12.4. The van der Waals surface area contributed by atoms with Crippen LogP contribution in [-0.4, -0.2) is 28.0 Å². The lowest BCUT2D eigenvalue weighted by atomic mass is 10.1. The number of hydrogen-bond acceptors (Lipinski definition) is 6. The summed E-state index contributed by atoms with van der Waals surface area (Å²) in [6, 6.07) is 15.3. The van der Waals surface area contributed by atoms with Gasteiger partial charge in [0.05, 0.1) is 28.2 Å². The van der Waals surface area contributed by atoms with E-state index in [9.17, 15) is 9.59 Å². The standard InChI is InChI=1S/C23H23ClN4O2S2/c1-13-8-9-17(16(24)10-13)26-20(30)12-31-23-27-18(11-19(29)28-23)21-14(2)25-22(32-21)15-6-4-3-5-7-15/h3-10,18,23,27H,11-12H2,1-2H3,(H,26,30)(H,28,29). The van der Waals surface area contributed by atoms with Crippen LogP contribution in [0, 0.1) is 13.8 Å². The number of nitrogens with one attached hydrogen (secondary N) is 3. The third-order valence-electron chi connectivity index (χ3n) is 4.98. The van der Waals surface area contributed by atoms with Gasteiger partial charge in [-0.25, -0.2) is 4.98 Å². The summed E-state index contributed by atoms with van der Waals surface area (Å²) in [6.45, 7) is 3.90. The molecule has 0 saturated carbocycles. The minimum Gasteiger partial charge on any atom is -0.332 e. The lowest BCUT2D eigenvalue weighted by Gasteiger charge is -2.30. The molecular formula is C23H23ClN4O2S2. The lowest BCUT2D eigenvalue weighted by Crippen LogP contribution is -2.51. The highest BCUT2D eigenvalue weighted by Gasteiger charge is 2.30. The van der Waals surface area contributed by atoms with Gasteiger partial charge in [0, 0.05) is 16.9 Å². The molecule has 1 fully saturated rings. The number of thiazole rings is 1. The Labute approximate surface area is 200 Å². The zero-order valence-electron chi connectivity index (χ0n) is 17.6. The van der Waals surface area contributed by atoms with E-state index in [1.165, 1.54) is 11.8 Å². The maximum Gasteiger partial charge on any atom is 0.234 e. The number of carbonyl (C=O) groups excluding carboxylic acids is 2. The molecule has 2 unspecified atom stereocenters. The largest absolute Gasteiger partial charge is 0.332 e. The Morgan fingerprint density at radius 1 is 1.25 bits per heavy atom. The monoisotopic (exact) mass is 486 g/mol. The third-order valence-corrected chi connectivity index (χ3v) is 7.63. The van der Waals surface area contributed by atoms with Crippen LogP contribution in [-0.2, 0) is 9.59 Å². The van der Waals surface area contributed by atoms with Crippen LogP contribution in [0.1, 0.15) is 28.6 Å². The first-order chi connectivity index (χ1) is 15.4. The van der Waals surface area contributed by atoms with Crippen LogP contribution in [0.15, 0.2) is 48.5 Å². The van der Waals surface area contributed by atoms with Crippen molar-refractivity contribution in [2.24, 2.45) is 0 Å². The number of carbonyl (C=O) groups is 2. The van der Waals surface area contributed by atoms with Crippen molar-refractivity contribution in [3.63, 3.8) is 0 Å². The van der Waals surface area contributed by atoms with Gasteiger partial charge in [0.2, 0.25) is 11.8 Å². The smallest absolute Gasteiger partial charge is 0.234 e. The van der Waals surface area contributed by atoms with Gasteiger partial charge in [-0.15, -0.1) is 23.1 Å². The van der Waals surface area contributed by atoms with Crippen LogP contribution in [0.3, 0.4) is 0 Å². The molecule has 1 saturated heterocycles. The van der Waals surface area contributed by atoms with Crippen molar-refractivity contribution in [2.75, 3.05) is 11.1 Å². The number of thioether (sulfide) groups is 1. The van der Waals surface area contributed by atoms with Crippen molar-refractivity contribution < 1.29 is 9.59 Å². The van der Waals surface area contributed by atoms with Gasteiger partial charge < -0.3 is 10.6 Å². The summed E-state index contributed by atoms with van der Waals surface area (Å²) in [4.78, 5) is 30.5. The lowest BCUT2D eigenvalue weighted by molar-refractivity contribution is -0.123. The first kappa shape index (κ1) is 22.8. The summed E-state index contributed by atoms with van der Waals surface area (Å²) in [5.74, 6) is -0.0622.